The van der Waals surface area contributed by atoms with Gasteiger partial charge in [0.05, 0.1) is 0 Å². The predicted octanol–water partition coefficient (Wildman–Crippen LogP) is 3.91. The lowest BCUT2D eigenvalue weighted by Crippen LogP contribution is -2.50. The van der Waals surface area contributed by atoms with Gasteiger partial charge in [0.2, 0.25) is 5.91 Å². The van der Waals surface area contributed by atoms with Crippen molar-refractivity contribution in [1.29, 1.82) is 0 Å². The van der Waals surface area contributed by atoms with E-state index in [4.69, 9.17) is 4.74 Å². The Labute approximate surface area is 173 Å². The largest absolute Gasteiger partial charge is 0.484 e. The van der Waals surface area contributed by atoms with E-state index in [0.717, 1.165) is 10.0 Å². The first-order valence-corrected chi connectivity index (χ1v) is 9.78. The highest BCUT2D eigenvalue weighted by molar-refractivity contribution is 9.10. The first kappa shape index (κ1) is 21.9. The second-order valence-corrected chi connectivity index (χ2v) is 7.65. The summed E-state index contributed by atoms with van der Waals surface area (Å²) in [5, 5.41) is 2.83. The van der Waals surface area contributed by atoms with Gasteiger partial charge in [0.25, 0.3) is 5.91 Å². The van der Waals surface area contributed by atoms with Gasteiger partial charge in [0.15, 0.2) is 6.61 Å². The summed E-state index contributed by atoms with van der Waals surface area (Å²) < 4.78 is 19.4. The summed E-state index contributed by atoms with van der Waals surface area (Å²) in [4.78, 5) is 26.8. The predicted molar refractivity (Wildman–Crippen MR) is 109 cm³/mol. The highest BCUT2D eigenvalue weighted by Crippen LogP contribution is 2.16. The van der Waals surface area contributed by atoms with Crippen molar-refractivity contribution in [3.63, 3.8) is 0 Å². The molecule has 2 aromatic carbocycles. The second-order valence-electron chi connectivity index (χ2n) is 6.73. The minimum absolute atomic E-state index is 0.0340. The highest BCUT2D eigenvalue weighted by atomic mass is 79.9. The van der Waals surface area contributed by atoms with Crippen LogP contribution in [0, 0.1) is 5.82 Å². The van der Waals surface area contributed by atoms with Gasteiger partial charge in [-0.2, -0.15) is 0 Å². The third kappa shape index (κ3) is 6.64. The summed E-state index contributed by atoms with van der Waals surface area (Å²) in [6.45, 7) is 5.42. The maximum absolute atomic E-state index is 13.0. The van der Waals surface area contributed by atoms with E-state index in [2.05, 4.69) is 21.2 Å². The Balaban J connectivity index is 2.14. The lowest BCUT2D eigenvalue weighted by molar-refractivity contribution is -0.142. The summed E-state index contributed by atoms with van der Waals surface area (Å²) in [6.07, 6.45) is 0. The number of nitrogens with one attached hydrogen (secondary N) is 1. The van der Waals surface area contributed by atoms with Crippen LogP contribution in [-0.2, 0) is 16.1 Å². The number of ether oxygens (including phenoxy) is 1. The molecule has 0 fully saturated rings. The number of carbonyl (C=O) groups is 2. The molecule has 0 spiro atoms. The van der Waals surface area contributed by atoms with Crippen LogP contribution in [0.3, 0.4) is 0 Å². The maximum atomic E-state index is 13.0. The smallest absolute Gasteiger partial charge is 0.261 e. The SMILES string of the molecule is CC(C)NC(=O)[C@H](C)N(Cc1cccc(Br)c1)C(=O)COc1ccc(F)cc1. The molecule has 2 rings (SSSR count). The van der Waals surface area contributed by atoms with E-state index in [1.807, 2.05) is 38.1 Å². The zero-order valence-corrected chi connectivity index (χ0v) is 17.7. The van der Waals surface area contributed by atoms with Crippen molar-refractivity contribution in [2.75, 3.05) is 6.61 Å². The van der Waals surface area contributed by atoms with Gasteiger partial charge in [-0.05, 0) is 62.7 Å². The Morgan fingerprint density at radius 2 is 1.82 bits per heavy atom. The van der Waals surface area contributed by atoms with E-state index in [1.165, 1.54) is 29.2 Å². The van der Waals surface area contributed by atoms with Gasteiger partial charge in [0, 0.05) is 17.1 Å². The normalized spacial score (nSPS) is 11.8. The Kier molecular flexibility index (Phi) is 7.99. The van der Waals surface area contributed by atoms with Crippen molar-refractivity contribution in [2.24, 2.45) is 0 Å². The van der Waals surface area contributed by atoms with Crippen molar-refractivity contribution in [3.05, 3.63) is 64.4 Å². The summed E-state index contributed by atoms with van der Waals surface area (Å²) in [5.74, 6) is -0.568. The van der Waals surface area contributed by atoms with Gasteiger partial charge in [-0.25, -0.2) is 4.39 Å². The topological polar surface area (TPSA) is 58.6 Å². The molecule has 0 aliphatic rings. The molecule has 0 radical (unpaired) electrons. The lowest BCUT2D eigenvalue weighted by Gasteiger charge is -2.29. The second kappa shape index (κ2) is 10.2. The fraction of sp³-hybridized carbons (Fsp3) is 0.333. The fourth-order valence-electron chi connectivity index (χ4n) is 2.58. The third-order valence-corrected chi connectivity index (χ3v) is 4.51. The number of carbonyl (C=O) groups excluding carboxylic acids is 2. The van der Waals surface area contributed by atoms with Crippen LogP contribution in [0.15, 0.2) is 53.0 Å². The van der Waals surface area contributed by atoms with Crippen molar-refractivity contribution in [3.8, 4) is 5.75 Å². The molecule has 28 heavy (non-hydrogen) atoms. The maximum Gasteiger partial charge on any atom is 0.261 e. The van der Waals surface area contributed by atoms with Gasteiger partial charge < -0.3 is 15.0 Å². The molecule has 0 saturated carbocycles. The van der Waals surface area contributed by atoms with Crippen LogP contribution in [0.5, 0.6) is 5.75 Å². The monoisotopic (exact) mass is 450 g/mol. The number of hydrogen-bond donors (Lipinski definition) is 1. The van der Waals surface area contributed by atoms with Crippen molar-refractivity contribution in [1.82, 2.24) is 10.2 Å². The summed E-state index contributed by atoms with van der Waals surface area (Å²) >= 11 is 3.42. The third-order valence-electron chi connectivity index (χ3n) is 4.02. The van der Waals surface area contributed by atoms with Crippen LogP contribution in [0.4, 0.5) is 4.39 Å². The van der Waals surface area contributed by atoms with Crippen LogP contribution in [-0.4, -0.2) is 35.4 Å². The minimum Gasteiger partial charge on any atom is -0.484 e. The molecule has 150 valence electrons. The first-order chi connectivity index (χ1) is 13.3. The molecule has 0 unspecified atom stereocenters. The van der Waals surface area contributed by atoms with Crippen LogP contribution in [0.25, 0.3) is 0 Å². The minimum atomic E-state index is -0.675. The molecule has 0 saturated heterocycles. The van der Waals surface area contributed by atoms with Crippen LogP contribution in [0.2, 0.25) is 0 Å². The van der Waals surface area contributed by atoms with Gasteiger partial charge in [-0.1, -0.05) is 28.1 Å². The van der Waals surface area contributed by atoms with E-state index < -0.39 is 6.04 Å². The molecule has 5 nitrogen and oxygen atoms in total. The molecule has 1 N–H and O–H groups in total. The zero-order chi connectivity index (χ0) is 20.7. The lowest BCUT2D eigenvalue weighted by atomic mass is 10.1. The quantitative estimate of drug-likeness (QED) is 0.662. The molecular formula is C21H24BrFN2O3. The van der Waals surface area contributed by atoms with Crippen LogP contribution in [0.1, 0.15) is 26.3 Å². The van der Waals surface area contributed by atoms with E-state index in [9.17, 15) is 14.0 Å². The molecule has 2 aromatic rings. The summed E-state index contributed by atoms with van der Waals surface area (Å²) in [7, 11) is 0. The Hall–Kier alpha value is -2.41. The zero-order valence-electron chi connectivity index (χ0n) is 16.1. The highest BCUT2D eigenvalue weighted by Gasteiger charge is 2.26. The van der Waals surface area contributed by atoms with Gasteiger partial charge in [-0.3, -0.25) is 9.59 Å². The fourth-order valence-corrected chi connectivity index (χ4v) is 3.03. The average Bonchev–Trinajstić information content (AvgIpc) is 2.64. The number of hydrogen-bond acceptors (Lipinski definition) is 3. The molecule has 0 aliphatic heterocycles. The average molecular weight is 451 g/mol. The van der Waals surface area contributed by atoms with Gasteiger partial charge >= 0.3 is 0 Å². The van der Waals surface area contributed by atoms with Gasteiger partial charge in [-0.15, -0.1) is 0 Å². The molecule has 0 aliphatic carbocycles. The Morgan fingerprint density at radius 3 is 2.43 bits per heavy atom. The summed E-state index contributed by atoms with van der Waals surface area (Å²) in [6, 6.07) is 12.3. The Morgan fingerprint density at radius 1 is 1.14 bits per heavy atom. The molecule has 0 bridgehead atoms. The van der Waals surface area contributed by atoms with E-state index in [1.54, 1.807) is 6.92 Å². The molecular weight excluding hydrogens is 427 g/mol. The summed E-state index contributed by atoms with van der Waals surface area (Å²) in [5.41, 5.74) is 0.883. The van der Waals surface area contributed by atoms with Crippen LogP contribution >= 0.6 is 15.9 Å². The van der Waals surface area contributed by atoms with Crippen molar-refractivity contribution >= 4 is 27.7 Å². The Bertz CT molecular complexity index is 812. The van der Waals surface area contributed by atoms with E-state index in [-0.39, 0.29) is 36.8 Å². The standard InChI is InChI=1S/C21H24BrFN2O3/c1-14(2)24-21(27)15(3)25(12-16-5-4-6-17(22)11-16)20(26)13-28-19-9-7-18(23)8-10-19/h4-11,14-15H,12-13H2,1-3H3,(H,24,27)/t15-/m0/s1. The molecule has 0 aromatic heterocycles. The molecule has 1 atom stereocenters. The van der Waals surface area contributed by atoms with Crippen LogP contribution < -0.4 is 10.1 Å². The van der Waals surface area contributed by atoms with E-state index >= 15 is 0 Å². The number of halogens is 2. The molecule has 0 heterocycles. The van der Waals surface area contributed by atoms with Crippen molar-refractivity contribution in [2.45, 2.75) is 39.4 Å². The van der Waals surface area contributed by atoms with E-state index in [0.29, 0.717) is 5.75 Å². The number of amides is 2. The molecule has 2 amide bonds. The number of rotatable bonds is 8. The number of benzene rings is 2. The number of nitrogens with zero attached hydrogens (tertiary/aromatic N) is 1. The molecule has 7 heteroatoms. The van der Waals surface area contributed by atoms with Crippen molar-refractivity contribution < 1.29 is 18.7 Å². The van der Waals surface area contributed by atoms with Gasteiger partial charge in [0.1, 0.15) is 17.6 Å². The first-order valence-electron chi connectivity index (χ1n) is 8.99.